The summed E-state index contributed by atoms with van der Waals surface area (Å²) >= 11 is 0. The van der Waals surface area contributed by atoms with E-state index in [1.807, 2.05) is 0 Å². The van der Waals surface area contributed by atoms with Crippen molar-refractivity contribution in [2.24, 2.45) is 5.92 Å². The average molecular weight is 274 g/mol. The molecule has 0 bridgehead atoms. The molecule has 0 saturated heterocycles. The second kappa shape index (κ2) is 5.98. The van der Waals surface area contributed by atoms with Gasteiger partial charge in [0, 0.05) is 31.6 Å². The van der Waals surface area contributed by atoms with Crippen LogP contribution in [-0.2, 0) is 0 Å². The van der Waals surface area contributed by atoms with Crippen LogP contribution in [0.5, 0.6) is 0 Å². The normalized spacial score (nSPS) is 18.1. The number of hydrogen-bond acceptors (Lipinski definition) is 4. The summed E-state index contributed by atoms with van der Waals surface area (Å²) in [5.74, 6) is 4.68. The molecule has 1 heterocycles. The van der Waals surface area contributed by atoms with Crippen LogP contribution in [0, 0.1) is 5.92 Å². The van der Waals surface area contributed by atoms with Gasteiger partial charge in [0.25, 0.3) is 0 Å². The summed E-state index contributed by atoms with van der Waals surface area (Å²) in [7, 11) is 0. The van der Waals surface area contributed by atoms with E-state index in [0.29, 0.717) is 5.92 Å². The summed E-state index contributed by atoms with van der Waals surface area (Å²) in [6.07, 6.45) is 6.41. The van der Waals surface area contributed by atoms with Gasteiger partial charge in [0.15, 0.2) is 0 Å². The van der Waals surface area contributed by atoms with Gasteiger partial charge in [-0.3, -0.25) is 0 Å². The van der Waals surface area contributed by atoms with Gasteiger partial charge in [0.1, 0.15) is 17.5 Å². The SMILES string of the molecule is CCCNc1cc(N(CC)CC2CC2)nc(C2CC2)n1. The van der Waals surface area contributed by atoms with Crippen LogP contribution in [-0.4, -0.2) is 29.6 Å². The molecule has 1 aromatic rings. The van der Waals surface area contributed by atoms with Gasteiger partial charge in [0.05, 0.1) is 0 Å². The third-order valence-electron chi connectivity index (χ3n) is 4.11. The molecule has 4 nitrogen and oxygen atoms in total. The first-order chi connectivity index (χ1) is 9.80. The maximum atomic E-state index is 4.83. The zero-order valence-electron chi connectivity index (χ0n) is 12.7. The van der Waals surface area contributed by atoms with Gasteiger partial charge in [-0.05, 0) is 44.9 Å². The minimum Gasteiger partial charge on any atom is -0.370 e. The molecule has 0 aliphatic heterocycles. The lowest BCUT2D eigenvalue weighted by Gasteiger charge is -2.23. The fraction of sp³-hybridized carbons (Fsp3) is 0.750. The van der Waals surface area contributed by atoms with Crippen molar-refractivity contribution in [3.8, 4) is 0 Å². The molecule has 0 aromatic carbocycles. The summed E-state index contributed by atoms with van der Waals surface area (Å²) in [4.78, 5) is 11.9. The molecule has 20 heavy (non-hydrogen) atoms. The summed E-state index contributed by atoms with van der Waals surface area (Å²) in [6, 6.07) is 2.13. The Morgan fingerprint density at radius 3 is 2.60 bits per heavy atom. The number of hydrogen-bond donors (Lipinski definition) is 1. The molecule has 0 amide bonds. The molecular weight excluding hydrogens is 248 g/mol. The Balaban J connectivity index is 1.80. The molecule has 1 N–H and O–H groups in total. The van der Waals surface area contributed by atoms with Crippen LogP contribution in [0.4, 0.5) is 11.6 Å². The van der Waals surface area contributed by atoms with E-state index in [1.165, 1.54) is 25.7 Å². The van der Waals surface area contributed by atoms with Crippen molar-refractivity contribution in [3.05, 3.63) is 11.9 Å². The Bertz CT molecular complexity index is 452. The highest BCUT2D eigenvalue weighted by Crippen LogP contribution is 2.39. The monoisotopic (exact) mass is 274 g/mol. The number of aromatic nitrogens is 2. The third kappa shape index (κ3) is 3.41. The van der Waals surface area contributed by atoms with Crippen LogP contribution in [0.25, 0.3) is 0 Å². The molecular formula is C16H26N4. The highest BCUT2D eigenvalue weighted by Gasteiger charge is 2.29. The highest BCUT2D eigenvalue weighted by atomic mass is 15.2. The first-order valence-electron chi connectivity index (χ1n) is 8.18. The predicted octanol–water partition coefficient (Wildman–Crippen LogP) is 3.41. The molecule has 2 saturated carbocycles. The van der Waals surface area contributed by atoms with Gasteiger partial charge in [0.2, 0.25) is 0 Å². The van der Waals surface area contributed by atoms with Crippen molar-refractivity contribution >= 4 is 11.6 Å². The Morgan fingerprint density at radius 1 is 1.20 bits per heavy atom. The van der Waals surface area contributed by atoms with Crippen molar-refractivity contribution in [2.45, 2.75) is 51.9 Å². The largest absolute Gasteiger partial charge is 0.370 e. The molecule has 1 aromatic heterocycles. The molecule has 2 fully saturated rings. The first kappa shape index (κ1) is 13.7. The Hall–Kier alpha value is -1.32. The fourth-order valence-corrected chi connectivity index (χ4v) is 2.48. The van der Waals surface area contributed by atoms with Crippen molar-refractivity contribution in [1.82, 2.24) is 9.97 Å². The molecule has 0 radical (unpaired) electrons. The third-order valence-corrected chi connectivity index (χ3v) is 4.11. The van der Waals surface area contributed by atoms with Gasteiger partial charge in [-0.25, -0.2) is 9.97 Å². The summed E-state index contributed by atoms with van der Waals surface area (Å²) in [6.45, 7) is 7.58. The van der Waals surface area contributed by atoms with Gasteiger partial charge >= 0.3 is 0 Å². The van der Waals surface area contributed by atoms with Crippen LogP contribution < -0.4 is 10.2 Å². The number of rotatable bonds is 8. The molecule has 0 spiro atoms. The molecule has 2 aliphatic rings. The van der Waals surface area contributed by atoms with Gasteiger partial charge in [-0.15, -0.1) is 0 Å². The smallest absolute Gasteiger partial charge is 0.136 e. The minimum absolute atomic E-state index is 0.608. The van der Waals surface area contributed by atoms with Crippen molar-refractivity contribution in [1.29, 1.82) is 0 Å². The number of anilines is 2. The molecule has 2 aliphatic carbocycles. The lowest BCUT2D eigenvalue weighted by Crippen LogP contribution is -2.27. The quantitative estimate of drug-likeness (QED) is 0.788. The van der Waals surface area contributed by atoms with Gasteiger partial charge in [-0.1, -0.05) is 6.92 Å². The van der Waals surface area contributed by atoms with E-state index >= 15 is 0 Å². The van der Waals surface area contributed by atoms with Crippen LogP contribution in [0.2, 0.25) is 0 Å². The summed E-state index contributed by atoms with van der Waals surface area (Å²) < 4.78 is 0. The molecule has 3 rings (SSSR count). The standard InChI is InChI=1S/C16H26N4/c1-3-9-17-14-10-15(19-16(18-14)13-7-8-13)20(4-2)11-12-5-6-12/h10,12-13H,3-9,11H2,1-2H3,(H,17,18,19). The van der Waals surface area contributed by atoms with Crippen LogP contribution in [0.3, 0.4) is 0 Å². The van der Waals surface area contributed by atoms with E-state index in [0.717, 1.165) is 49.4 Å². The molecule has 4 heteroatoms. The Labute approximate surface area is 122 Å². The number of nitrogens with one attached hydrogen (secondary N) is 1. The van der Waals surface area contributed by atoms with Crippen molar-refractivity contribution in [3.63, 3.8) is 0 Å². The van der Waals surface area contributed by atoms with E-state index in [9.17, 15) is 0 Å². The highest BCUT2D eigenvalue weighted by molar-refractivity contribution is 5.50. The maximum absolute atomic E-state index is 4.83. The van der Waals surface area contributed by atoms with Crippen LogP contribution in [0.1, 0.15) is 57.7 Å². The van der Waals surface area contributed by atoms with E-state index in [1.54, 1.807) is 0 Å². The lowest BCUT2D eigenvalue weighted by molar-refractivity contribution is 0.725. The first-order valence-corrected chi connectivity index (χ1v) is 8.18. The zero-order chi connectivity index (χ0) is 13.9. The van der Waals surface area contributed by atoms with Crippen LogP contribution in [0.15, 0.2) is 6.07 Å². The number of nitrogens with zero attached hydrogens (tertiary/aromatic N) is 3. The molecule has 110 valence electrons. The lowest BCUT2D eigenvalue weighted by atomic mass is 10.3. The van der Waals surface area contributed by atoms with E-state index in [4.69, 9.17) is 9.97 Å². The van der Waals surface area contributed by atoms with Crippen LogP contribution >= 0.6 is 0 Å². The second-order valence-electron chi connectivity index (χ2n) is 6.15. The van der Waals surface area contributed by atoms with Gasteiger partial charge < -0.3 is 10.2 Å². The summed E-state index contributed by atoms with van der Waals surface area (Å²) in [5.41, 5.74) is 0. The topological polar surface area (TPSA) is 41.0 Å². The van der Waals surface area contributed by atoms with E-state index in [-0.39, 0.29) is 0 Å². The zero-order valence-corrected chi connectivity index (χ0v) is 12.7. The minimum atomic E-state index is 0.608. The maximum Gasteiger partial charge on any atom is 0.136 e. The van der Waals surface area contributed by atoms with Gasteiger partial charge in [-0.2, -0.15) is 0 Å². The van der Waals surface area contributed by atoms with Crippen molar-refractivity contribution in [2.75, 3.05) is 29.9 Å². The molecule has 0 unspecified atom stereocenters. The van der Waals surface area contributed by atoms with Crippen molar-refractivity contribution < 1.29 is 0 Å². The fourth-order valence-electron chi connectivity index (χ4n) is 2.48. The summed E-state index contributed by atoms with van der Waals surface area (Å²) in [5, 5.41) is 3.43. The molecule has 0 atom stereocenters. The van der Waals surface area contributed by atoms with E-state index in [2.05, 4.69) is 30.1 Å². The Kier molecular flexibility index (Phi) is 4.08. The van der Waals surface area contributed by atoms with E-state index < -0.39 is 0 Å². The average Bonchev–Trinajstić information content (AvgIpc) is 3.35. The Morgan fingerprint density at radius 2 is 2.00 bits per heavy atom. The second-order valence-corrected chi connectivity index (χ2v) is 6.15. The predicted molar refractivity (Wildman–Crippen MR) is 83.4 cm³/mol.